The molecule has 2 atom stereocenters. The maximum Gasteiger partial charge on any atom is 0.229 e. The number of amides is 1. The number of anilines is 1. The predicted molar refractivity (Wildman–Crippen MR) is 124 cm³/mol. The minimum absolute atomic E-state index is 0.0592. The summed E-state index contributed by atoms with van der Waals surface area (Å²) in [6.45, 7) is 5.66. The zero-order chi connectivity index (χ0) is 21.6. The van der Waals surface area contributed by atoms with Gasteiger partial charge in [-0.1, -0.05) is 112 Å². The molecule has 3 rings (SSSR count). The van der Waals surface area contributed by atoms with Gasteiger partial charge in [0, 0.05) is 17.0 Å². The Morgan fingerprint density at radius 1 is 0.867 bits per heavy atom. The zero-order valence-electron chi connectivity index (χ0n) is 17.7. The van der Waals surface area contributed by atoms with Gasteiger partial charge in [0.2, 0.25) is 5.91 Å². The number of hydrogen-bond acceptors (Lipinski definition) is 2. The summed E-state index contributed by atoms with van der Waals surface area (Å²) in [6.07, 6.45) is 2.98. The quantitative estimate of drug-likeness (QED) is 0.544. The minimum atomic E-state index is -0.764. The molecule has 1 amide bonds. The van der Waals surface area contributed by atoms with Crippen molar-refractivity contribution in [2.45, 2.75) is 32.8 Å². The van der Waals surface area contributed by atoms with E-state index in [1.54, 1.807) is 0 Å². The third-order valence-corrected chi connectivity index (χ3v) is 5.01. The highest BCUT2D eigenvalue weighted by Crippen LogP contribution is 2.34. The van der Waals surface area contributed by atoms with Crippen LogP contribution in [0, 0.1) is 5.41 Å². The molecule has 0 aromatic heterocycles. The van der Waals surface area contributed by atoms with Crippen LogP contribution in [-0.2, 0) is 4.79 Å². The predicted octanol–water partition coefficient (Wildman–Crippen LogP) is 5.88. The Labute approximate surface area is 179 Å². The molecule has 0 unspecified atom stereocenters. The second-order valence-electron chi connectivity index (χ2n) is 8.44. The zero-order valence-corrected chi connectivity index (χ0v) is 17.7. The molecule has 0 saturated carbocycles. The van der Waals surface area contributed by atoms with E-state index < -0.39 is 11.5 Å². The molecule has 3 aromatic rings. The number of rotatable bonds is 6. The highest BCUT2D eigenvalue weighted by molar-refractivity contribution is 5.95. The normalized spacial score (nSPS) is 13.7. The van der Waals surface area contributed by atoms with E-state index >= 15 is 0 Å². The van der Waals surface area contributed by atoms with Crippen LogP contribution in [-0.4, -0.2) is 17.1 Å². The largest absolute Gasteiger partial charge is 0.388 e. The Morgan fingerprint density at radius 3 is 2.07 bits per heavy atom. The second kappa shape index (κ2) is 9.55. The number of nitrogens with one attached hydrogen (secondary N) is 1. The van der Waals surface area contributed by atoms with Crippen LogP contribution in [0.25, 0.3) is 6.08 Å². The fourth-order valence-electron chi connectivity index (χ4n) is 3.30. The number of carbonyl (C=O) groups is 1. The van der Waals surface area contributed by atoms with Crippen LogP contribution >= 0.6 is 0 Å². The van der Waals surface area contributed by atoms with Gasteiger partial charge in [-0.25, -0.2) is 0 Å². The van der Waals surface area contributed by atoms with E-state index in [1.165, 1.54) is 0 Å². The standard InChI is InChI=1S/C27H29NO2/c1-27(2,3)26(30)28-23-17-11-10-16-22(23)25(21-14-8-5-9-15-21)24(29)19-18-20-12-6-4-7-13-20/h4-19,24-25,29H,1-3H3,(H,28,30)/b19-18+/t24-,25-/m1/s1. The van der Waals surface area contributed by atoms with E-state index in [9.17, 15) is 9.90 Å². The van der Waals surface area contributed by atoms with Gasteiger partial charge in [0.1, 0.15) is 0 Å². The van der Waals surface area contributed by atoms with E-state index in [2.05, 4.69) is 5.32 Å². The van der Waals surface area contributed by atoms with Gasteiger partial charge in [0.25, 0.3) is 0 Å². The molecule has 0 saturated heterocycles. The number of benzene rings is 3. The molecule has 0 aliphatic heterocycles. The molecular formula is C27H29NO2. The highest BCUT2D eigenvalue weighted by atomic mass is 16.3. The lowest BCUT2D eigenvalue weighted by molar-refractivity contribution is -0.123. The lowest BCUT2D eigenvalue weighted by Crippen LogP contribution is -2.29. The van der Waals surface area contributed by atoms with Crippen LogP contribution < -0.4 is 5.32 Å². The topological polar surface area (TPSA) is 49.3 Å². The molecule has 2 N–H and O–H groups in total. The van der Waals surface area contributed by atoms with Crippen LogP contribution in [0.5, 0.6) is 0 Å². The first-order valence-corrected chi connectivity index (χ1v) is 10.2. The Kier molecular flexibility index (Phi) is 6.86. The Balaban J connectivity index is 2.00. The lowest BCUT2D eigenvalue weighted by Gasteiger charge is -2.26. The van der Waals surface area contributed by atoms with E-state index in [0.29, 0.717) is 0 Å². The minimum Gasteiger partial charge on any atom is -0.388 e. The van der Waals surface area contributed by atoms with Gasteiger partial charge < -0.3 is 10.4 Å². The molecule has 3 nitrogen and oxygen atoms in total. The third kappa shape index (κ3) is 5.46. The van der Waals surface area contributed by atoms with Gasteiger partial charge in [-0.05, 0) is 22.8 Å². The summed E-state index contributed by atoms with van der Waals surface area (Å²) in [5, 5.41) is 14.3. The second-order valence-corrected chi connectivity index (χ2v) is 8.44. The van der Waals surface area contributed by atoms with Crippen molar-refractivity contribution in [3.8, 4) is 0 Å². The average molecular weight is 400 g/mol. The number of carbonyl (C=O) groups excluding carboxylic acids is 1. The molecule has 0 bridgehead atoms. The Morgan fingerprint density at radius 2 is 1.43 bits per heavy atom. The van der Waals surface area contributed by atoms with E-state index in [-0.39, 0.29) is 11.8 Å². The van der Waals surface area contributed by atoms with Gasteiger partial charge in [0.05, 0.1) is 6.10 Å². The molecular weight excluding hydrogens is 370 g/mol. The van der Waals surface area contributed by atoms with Crippen molar-refractivity contribution in [3.63, 3.8) is 0 Å². The van der Waals surface area contributed by atoms with Crippen LogP contribution in [0.15, 0.2) is 91.0 Å². The van der Waals surface area contributed by atoms with Crippen LogP contribution in [0.2, 0.25) is 0 Å². The monoisotopic (exact) mass is 399 g/mol. The molecule has 0 aliphatic carbocycles. The lowest BCUT2D eigenvalue weighted by atomic mass is 9.85. The smallest absolute Gasteiger partial charge is 0.229 e. The first-order chi connectivity index (χ1) is 14.4. The molecule has 0 fully saturated rings. The molecule has 30 heavy (non-hydrogen) atoms. The summed E-state index contributed by atoms with van der Waals surface area (Å²) in [6, 6.07) is 27.5. The van der Waals surface area contributed by atoms with Crippen LogP contribution in [0.4, 0.5) is 5.69 Å². The van der Waals surface area contributed by atoms with Crippen molar-refractivity contribution in [2.24, 2.45) is 5.41 Å². The van der Waals surface area contributed by atoms with Gasteiger partial charge in [0.15, 0.2) is 0 Å². The van der Waals surface area contributed by atoms with Crippen molar-refractivity contribution in [1.29, 1.82) is 0 Å². The van der Waals surface area contributed by atoms with Gasteiger partial charge in [-0.3, -0.25) is 4.79 Å². The fourth-order valence-corrected chi connectivity index (χ4v) is 3.30. The SMILES string of the molecule is CC(C)(C)C(=O)Nc1ccccc1[C@@H](c1ccccc1)[C@H](O)/C=C/c1ccccc1. The summed E-state index contributed by atoms with van der Waals surface area (Å²) in [5.74, 6) is -0.376. The molecule has 3 aromatic carbocycles. The maximum atomic E-state index is 12.6. The summed E-state index contributed by atoms with van der Waals surface area (Å²) in [7, 11) is 0. The van der Waals surface area contributed by atoms with E-state index in [1.807, 2.05) is 118 Å². The van der Waals surface area contributed by atoms with Crippen molar-refractivity contribution >= 4 is 17.7 Å². The molecule has 0 aliphatic rings. The average Bonchev–Trinajstić information content (AvgIpc) is 2.74. The third-order valence-electron chi connectivity index (χ3n) is 5.01. The first kappa shape index (κ1) is 21.5. The molecule has 154 valence electrons. The first-order valence-electron chi connectivity index (χ1n) is 10.2. The Hall–Kier alpha value is -3.17. The van der Waals surface area contributed by atoms with Gasteiger partial charge in [-0.15, -0.1) is 0 Å². The molecule has 0 spiro atoms. The van der Waals surface area contributed by atoms with Crippen molar-refractivity contribution in [1.82, 2.24) is 0 Å². The summed E-state index contributed by atoms with van der Waals surface area (Å²) in [4.78, 5) is 12.6. The van der Waals surface area contributed by atoms with Crippen molar-refractivity contribution in [3.05, 3.63) is 108 Å². The van der Waals surface area contributed by atoms with Crippen LogP contribution in [0.3, 0.4) is 0 Å². The van der Waals surface area contributed by atoms with Gasteiger partial charge >= 0.3 is 0 Å². The number of aliphatic hydroxyl groups is 1. The van der Waals surface area contributed by atoms with E-state index in [0.717, 1.165) is 22.4 Å². The maximum absolute atomic E-state index is 12.6. The van der Waals surface area contributed by atoms with Crippen LogP contribution in [0.1, 0.15) is 43.4 Å². The summed E-state index contributed by atoms with van der Waals surface area (Å²) < 4.78 is 0. The molecule has 0 heterocycles. The number of hydrogen-bond donors (Lipinski definition) is 2. The molecule has 0 radical (unpaired) electrons. The number of para-hydroxylation sites is 1. The highest BCUT2D eigenvalue weighted by Gasteiger charge is 2.27. The van der Waals surface area contributed by atoms with Crippen molar-refractivity contribution < 1.29 is 9.90 Å². The summed E-state index contributed by atoms with van der Waals surface area (Å²) in [5.41, 5.74) is 3.10. The van der Waals surface area contributed by atoms with E-state index in [4.69, 9.17) is 0 Å². The fraction of sp³-hybridized carbons (Fsp3) is 0.222. The van der Waals surface area contributed by atoms with Crippen molar-refractivity contribution in [2.75, 3.05) is 5.32 Å². The Bertz CT molecular complexity index is 988. The number of aliphatic hydroxyl groups excluding tert-OH is 1. The summed E-state index contributed by atoms with van der Waals surface area (Å²) >= 11 is 0. The molecule has 3 heteroatoms. The van der Waals surface area contributed by atoms with Gasteiger partial charge in [-0.2, -0.15) is 0 Å².